The summed E-state index contributed by atoms with van der Waals surface area (Å²) >= 11 is 0. The molecule has 1 amide bonds. The number of amidine groups is 1. The highest BCUT2D eigenvalue weighted by Gasteiger charge is 2.58. The number of nitrogens with zero attached hydrogens (tertiary/aromatic N) is 3. The third-order valence-corrected chi connectivity index (χ3v) is 10.7. The van der Waals surface area contributed by atoms with Gasteiger partial charge in [0.05, 0.1) is 22.4 Å². The van der Waals surface area contributed by atoms with Gasteiger partial charge in [-0.15, -0.1) is 0 Å². The van der Waals surface area contributed by atoms with Crippen molar-refractivity contribution in [3.63, 3.8) is 0 Å². The summed E-state index contributed by atoms with van der Waals surface area (Å²) in [5, 5.41) is 2.09. The lowest BCUT2D eigenvalue weighted by Gasteiger charge is -2.50. The van der Waals surface area contributed by atoms with E-state index in [1.54, 1.807) is 20.8 Å². The summed E-state index contributed by atoms with van der Waals surface area (Å²) in [5.74, 6) is -1.55. The van der Waals surface area contributed by atoms with E-state index in [1.807, 2.05) is 0 Å². The molecule has 1 aromatic heterocycles. The summed E-state index contributed by atoms with van der Waals surface area (Å²) in [6.07, 6.45) is 2.39. The van der Waals surface area contributed by atoms with Crippen LogP contribution >= 0.6 is 0 Å². The number of ether oxygens (including phenoxy) is 1. The second-order valence-electron chi connectivity index (χ2n) is 8.84. The molecule has 9 nitrogen and oxygen atoms in total. The van der Waals surface area contributed by atoms with E-state index in [9.17, 15) is 17.8 Å². The van der Waals surface area contributed by atoms with Crippen molar-refractivity contribution in [2.45, 2.75) is 49.3 Å². The van der Waals surface area contributed by atoms with E-state index in [0.29, 0.717) is 13.0 Å². The first-order valence-corrected chi connectivity index (χ1v) is 12.2. The lowest BCUT2D eigenvalue weighted by atomic mass is 9.86. The van der Waals surface area contributed by atoms with Gasteiger partial charge in [0.2, 0.25) is 5.88 Å². The monoisotopic (exact) mass is 498 g/mol. The maximum absolute atomic E-state index is 15.1. The predicted octanol–water partition coefficient (Wildman–Crippen LogP) is 2.13. The van der Waals surface area contributed by atoms with Gasteiger partial charge in [0.1, 0.15) is 22.9 Å². The van der Waals surface area contributed by atoms with Gasteiger partial charge in [-0.3, -0.25) is 18.7 Å². The zero-order chi connectivity index (χ0) is 24.9. The highest BCUT2D eigenvalue weighted by Crippen LogP contribution is 2.49. The zero-order valence-corrected chi connectivity index (χ0v) is 19.6. The van der Waals surface area contributed by atoms with Crippen LogP contribution in [0.5, 0.6) is 5.88 Å². The second kappa shape index (κ2) is 8.31. The Labute approximate surface area is 195 Å². The molecule has 13 heteroatoms. The molecule has 0 aliphatic carbocycles. The summed E-state index contributed by atoms with van der Waals surface area (Å²) in [7, 11) is -3.09. The Bertz CT molecular complexity index is 1210. The Morgan fingerprint density at radius 3 is 2.68 bits per heavy atom. The number of thiol groups is 1. The van der Waals surface area contributed by atoms with Gasteiger partial charge in [0, 0.05) is 17.8 Å². The molecule has 2 aliphatic heterocycles. The van der Waals surface area contributed by atoms with E-state index in [2.05, 4.69) is 29.7 Å². The van der Waals surface area contributed by atoms with Gasteiger partial charge >= 0.3 is 6.61 Å². The standard InChI is InChI=1S/C21H25F3N6O3S/c1-20(2)18(25)30-21(3,15-6-7-28-34(15,20)32)12-8-11(4-5-13(12)22)29-17(31)14-9-27-16(10-26-14)33-19(23)24/h4-5,8-10,15,19,34H,6-7H2,1-3H3,(H2,25,30)(H,28,32)(H,29,31)/t15-,21+/m0/s1. The number of benzene rings is 1. The number of hydrogen-bond acceptors (Lipinski definition) is 7. The average molecular weight is 499 g/mol. The molecular formula is C21H25F3N6O3S. The number of hydrogen-bond donors (Lipinski definition) is 4. The molecule has 0 spiro atoms. The minimum Gasteiger partial charge on any atom is -0.415 e. The summed E-state index contributed by atoms with van der Waals surface area (Å²) in [6.45, 7) is 2.65. The van der Waals surface area contributed by atoms with Crippen LogP contribution in [-0.2, 0) is 15.7 Å². The lowest BCUT2D eigenvalue weighted by molar-refractivity contribution is -0.0531. The highest BCUT2D eigenvalue weighted by atomic mass is 32.3. The maximum atomic E-state index is 15.1. The first kappa shape index (κ1) is 24.1. The van der Waals surface area contributed by atoms with E-state index in [-0.39, 0.29) is 22.8 Å². The highest BCUT2D eigenvalue weighted by molar-refractivity contribution is 8.04. The van der Waals surface area contributed by atoms with E-state index < -0.39 is 49.9 Å². The number of fused-ring (bicyclic) bond motifs is 1. The third kappa shape index (κ3) is 3.82. The number of anilines is 1. The molecule has 1 aromatic carbocycles. The first-order chi connectivity index (χ1) is 15.9. The normalized spacial score (nSPS) is 25.9. The summed E-state index contributed by atoms with van der Waals surface area (Å²) in [6, 6.07) is 3.96. The third-order valence-electron chi connectivity index (χ3n) is 6.50. The predicted molar refractivity (Wildman–Crippen MR) is 122 cm³/mol. The molecule has 1 fully saturated rings. The zero-order valence-electron chi connectivity index (χ0n) is 18.7. The lowest BCUT2D eigenvalue weighted by Crippen LogP contribution is -2.64. The summed E-state index contributed by atoms with van der Waals surface area (Å²) in [5.41, 5.74) is 5.22. The molecule has 4 rings (SSSR count). The number of halogens is 3. The fourth-order valence-corrected chi connectivity index (χ4v) is 8.17. The largest absolute Gasteiger partial charge is 0.415 e. The van der Waals surface area contributed by atoms with Crippen LogP contribution in [0, 0.1) is 5.82 Å². The van der Waals surface area contributed by atoms with Gasteiger partial charge in [0.15, 0.2) is 0 Å². The number of aliphatic imine (C=N–C) groups is 1. The van der Waals surface area contributed by atoms with Crippen LogP contribution in [0.3, 0.4) is 0 Å². The van der Waals surface area contributed by atoms with Crippen molar-refractivity contribution in [3.8, 4) is 5.88 Å². The van der Waals surface area contributed by atoms with Gasteiger partial charge in [-0.2, -0.15) is 8.78 Å². The number of nitrogens with two attached hydrogens (primary N) is 1. The van der Waals surface area contributed by atoms with Gasteiger partial charge in [-0.1, -0.05) is 0 Å². The Morgan fingerprint density at radius 2 is 2.03 bits per heavy atom. The van der Waals surface area contributed by atoms with Crippen LogP contribution in [0.4, 0.5) is 18.9 Å². The molecule has 2 aromatic rings. The topological polar surface area (TPSA) is 132 Å². The van der Waals surface area contributed by atoms with Gasteiger partial charge in [0.25, 0.3) is 5.91 Å². The van der Waals surface area contributed by atoms with Gasteiger partial charge in [-0.05, 0) is 55.5 Å². The molecule has 0 saturated carbocycles. The number of nitrogens with one attached hydrogen (secondary N) is 2. The quantitative estimate of drug-likeness (QED) is 0.467. The fourth-order valence-electron chi connectivity index (χ4n) is 4.52. The van der Waals surface area contributed by atoms with Gasteiger partial charge in [-0.25, -0.2) is 14.4 Å². The van der Waals surface area contributed by atoms with Gasteiger partial charge < -0.3 is 15.8 Å². The fraction of sp³-hybridized carbons (Fsp3) is 0.429. The molecule has 0 radical (unpaired) electrons. The van der Waals surface area contributed by atoms with Crippen LogP contribution in [0.2, 0.25) is 0 Å². The van der Waals surface area contributed by atoms with E-state index >= 15 is 4.39 Å². The smallest absolute Gasteiger partial charge is 0.388 e. The number of alkyl halides is 2. The number of rotatable bonds is 5. The Hall–Kier alpha value is -3.06. The minimum atomic E-state index is -3.09. The second-order valence-corrected chi connectivity index (χ2v) is 12.2. The number of amides is 1. The molecular weight excluding hydrogens is 473 g/mol. The molecule has 34 heavy (non-hydrogen) atoms. The van der Waals surface area contributed by atoms with E-state index in [1.165, 1.54) is 18.2 Å². The van der Waals surface area contributed by atoms with Crippen LogP contribution in [-0.4, -0.2) is 49.1 Å². The van der Waals surface area contributed by atoms with Crippen LogP contribution in [0.25, 0.3) is 0 Å². The molecule has 0 unspecified atom stereocenters. The molecule has 184 valence electrons. The van der Waals surface area contributed by atoms with Crippen molar-refractivity contribution in [2.75, 3.05) is 11.9 Å². The number of carbonyl (C=O) groups is 1. The van der Waals surface area contributed by atoms with Crippen LogP contribution in [0.15, 0.2) is 35.6 Å². The molecule has 2 atom stereocenters. The van der Waals surface area contributed by atoms with Crippen molar-refractivity contribution in [3.05, 3.63) is 47.7 Å². The Kier molecular flexibility index (Phi) is 5.88. The summed E-state index contributed by atoms with van der Waals surface area (Å²) in [4.78, 5) is 24.6. The molecule has 0 bridgehead atoms. The number of carbonyl (C=O) groups excluding carboxylic acids is 1. The number of aromatic nitrogens is 2. The van der Waals surface area contributed by atoms with Crippen LogP contribution in [0.1, 0.15) is 43.2 Å². The molecule has 2 aliphatic rings. The van der Waals surface area contributed by atoms with Crippen LogP contribution < -0.4 is 20.5 Å². The SMILES string of the molecule is CC1(C)C(N)=N[C@](C)(c2cc(NC(=O)c3cnc(OC(F)F)cn3)ccc2F)[C@@H]2CCN[SH]21=O. The van der Waals surface area contributed by atoms with Crippen molar-refractivity contribution in [1.29, 1.82) is 0 Å². The molecule has 1 saturated heterocycles. The summed E-state index contributed by atoms with van der Waals surface area (Å²) < 4.78 is 59.9. The first-order valence-electron chi connectivity index (χ1n) is 10.5. The molecule has 4 N–H and O–H groups in total. The molecule has 3 heterocycles. The Morgan fingerprint density at radius 1 is 1.29 bits per heavy atom. The van der Waals surface area contributed by atoms with Crippen molar-refractivity contribution < 1.29 is 26.9 Å². The van der Waals surface area contributed by atoms with E-state index in [0.717, 1.165) is 12.4 Å². The van der Waals surface area contributed by atoms with Crippen molar-refractivity contribution >= 4 is 27.5 Å². The van der Waals surface area contributed by atoms with E-state index in [4.69, 9.17) is 5.73 Å². The Balaban J connectivity index is 1.66. The average Bonchev–Trinajstić information content (AvgIpc) is 3.18. The van der Waals surface area contributed by atoms with Crippen molar-refractivity contribution in [1.82, 2.24) is 14.7 Å². The maximum Gasteiger partial charge on any atom is 0.388 e. The van der Waals surface area contributed by atoms with Crippen molar-refractivity contribution in [2.24, 2.45) is 10.7 Å². The minimum absolute atomic E-state index is 0.143.